The van der Waals surface area contributed by atoms with Crippen LogP contribution in [0.15, 0.2) is 24.3 Å². The van der Waals surface area contributed by atoms with E-state index in [-0.39, 0.29) is 0 Å². The van der Waals surface area contributed by atoms with Gasteiger partial charge in [-0.1, -0.05) is 33.6 Å². The summed E-state index contributed by atoms with van der Waals surface area (Å²) < 4.78 is 5.38. The van der Waals surface area contributed by atoms with E-state index in [2.05, 4.69) is 41.0 Å². The van der Waals surface area contributed by atoms with Crippen molar-refractivity contribution in [2.75, 3.05) is 25.1 Å². The molecule has 0 radical (unpaired) electrons. The van der Waals surface area contributed by atoms with Crippen LogP contribution in [0.25, 0.3) is 0 Å². The van der Waals surface area contributed by atoms with Crippen molar-refractivity contribution in [3.05, 3.63) is 29.8 Å². The van der Waals surface area contributed by atoms with Gasteiger partial charge in [0.25, 0.3) is 0 Å². The van der Waals surface area contributed by atoms with Crippen molar-refractivity contribution in [1.29, 1.82) is 0 Å². The molecule has 1 aliphatic heterocycles. The van der Waals surface area contributed by atoms with Gasteiger partial charge in [0.2, 0.25) is 0 Å². The lowest BCUT2D eigenvalue weighted by molar-refractivity contribution is 0.0819. The summed E-state index contributed by atoms with van der Waals surface area (Å²) in [6, 6.07) is 8.50. The first-order chi connectivity index (χ1) is 10.3. The van der Waals surface area contributed by atoms with Gasteiger partial charge in [0, 0.05) is 31.5 Å². The molecule has 2 rings (SSSR count). The van der Waals surface area contributed by atoms with Gasteiger partial charge in [-0.2, -0.15) is 0 Å². The monoisotopic (exact) mass is 289 g/mol. The maximum absolute atomic E-state index is 5.38. The van der Waals surface area contributed by atoms with E-state index in [4.69, 9.17) is 4.74 Å². The number of ether oxygens (including phenoxy) is 1. The lowest BCUT2D eigenvalue weighted by Gasteiger charge is -2.32. The first-order valence-electron chi connectivity index (χ1n) is 8.14. The first kappa shape index (κ1) is 19.5. The number of benzene rings is 1. The van der Waals surface area contributed by atoms with Gasteiger partial charge >= 0.3 is 0 Å². The van der Waals surface area contributed by atoms with Gasteiger partial charge in [0.15, 0.2) is 0 Å². The molecular weight excluding hydrogens is 258 g/mol. The summed E-state index contributed by atoms with van der Waals surface area (Å²) >= 11 is 0. The summed E-state index contributed by atoms with van der Waals surface area (Å²) in [5, 5.41) is 0. The van der Waals surface area contributed by atoms with Crippen LogP contribution >= 0.6 is 0 Å². The van der Waals surface area contributed by atoms with Crippen molar-refractivity contribution in [2.45, 2.75) is 53.6 Å². The van der Waals surface area contributed by atoms with Gasteiger partial charge < -0.3 is 9.64 Å². The first-order valence-corrected chi connectivity index (χ1v) is 8.14. The fraction of sp³-hybridized carbons (Fsp3) is 0.579. The molecule has 1 aromatic rings. The molecule has 1 fully saturated rings. The third kappa shape index (κ3) is 6.69. The number of hydrogen-bond donors (Lipinski definition) is 0. The SMILES string of the molecule is CC.CC.CC#Cc1ccc(N2CCC(OC)CC2)cc1. The van der Waals surface area contributed by atoms with E-state index < -0.39 is 0 Å². The van der Waals surface area contributed by atoms with Crippen LogP contribution in [0.1, 0.15) is 53.0 Å². The van der Waals surface area contributed by atoms with E-state index in [1.807, 2.05) is 34.6 Å². The number of methoxy groups -OCH3 is 1. The molecule has 0 saturated carbocycles. The Kier molecular flexibility index (Phi) is 11.4. The largest absolute Gasteiger partial charge is 0.381 e. The molecule has 21 heavy (non-hydrogen) atoms. The van der Waals surface area contributed by atoms with E-state index in [0.717, 1.165) is 31.5 Å². The van der Waals surface area contributed by atoms with E-state index >= 15 is 0 Å². The Morgan fingerprint density at radius 1 is 1.00 bits per heavy atom. The zero-order chi connectivity index (χ0) is 16.1. The molecule has 2 nitrogen and oxygen atoms in total. The van der Waals surface area contributed by atoms with Crippen LogP contribution in [0.2, 0.25) is 0 Å². The summed E-state index contributed by atoms with van der Waals surface area (Å²) in [6.45, 7) is 12.0. The maximum Gasteiger partial charge on any atom is 0.0605 e. The number of hydrogen-bond acceptors (Lipinski definition) is 2. The van der Waals surface area contributed by atoms with E-state index in [9.17, 15) is 0 Å². The fourth-order valence-electron chi connectivity index (χ4n) is 2.25. The van der Waals surface area contributed by atoms with Gasteiger partial charge in [-0.3, -0.25) is 0 Å². The number of nitrogens with zero attached hydrogens (tertiary/aromatic N) is 1. The smallest absolute Gasteiger partial charge is 0.0605 e. The quantitative estimate of drug-likeness (QED) is 0.730. The average molecular weight is 289 g/mol. The van der Waals surface area contributed by atoms with E-state index in [0.29, 0.717) is 6.10 Å². The highest BCUT2D eigenvalue weighted by atomic mass is 16.5. The lowest BCUT2D eigenvalue weighted by Crippen LogP contribution is -2.36. The number of anilines is 1. The molecule has 0 aromatic heterocycles. The van der Waals surface area contributed by atoms with Crippen molar-refractivity contribution in [2.24, 2.45) is 0 Å². The Morgan fingerprint density at radius 3 is 1.95 bits per heavy atom. The van der Waals surface area contributed by atoms with Gasteiger partial charge in [0.1, 0.15) is 0 Å². The van der Waals surface area contributed by atoms with Crippen LogP contribution in [0.5, 0.6) is 0 Å². The molecule has 0 atom stereocenters. The normalized spacial score (nSPS) is 13.9. The third-order valence-corrected chi connectivity index (χ3v) is 3.28. The van der Waals surface area contributed by atoms with Crippen LogP contribution < -0.4 is 4.90 Å². The molecule has 1 saturated heterocycles. The second-order valence-corrected chi connectivity index (χ2v) is 4.34. The summed E-state index contributed by atoms with van der Waals surface area (Å²) in [7, 11) is 1.80. The second kappa shape index (κ2) is 12.3. The zero-order valence-electron chi connectivity index (χ0n) is 14.6. The highest BCUT2D eigenvalue weighted by Crippen LogP contribution is 2.21. The molecule has 118 valence electrons. The molecule has 0 bridgehead atoms. The van der Waals surface area contributed by atoms with Crippen LogP contribution in [-0.2, 0) is 4.74 Å². The number of rotatable bonds is 2. The molecule has 0 amide bonds. The van der Waals surface area contributed by atoms with E-state index in [1.165, 1.54) is 5.69 Å². The van der Waals surface area contributed by atoms with Crippen molar-refractivity contribution < 1.29 is 4.74 Å². The molecule has 0 spiro atoms. The Balaban J connectivity index is 0.000000921. The highest BCUT2D eigenvalue weighted by Gasteiger charge is 2.18. The molecular formula is C19H31NO. The summed E-state index contributed by atoms with van der Waals surface area (Å²) in [6.07, 6.45) is 2.68. The van der Waals surface area contributed by atoms with Gasteiger partial charge in [-0.25, -0.2) is 0 Å². The standard InChI is InChI=1S/C15H19NO.2C2H6/c1-3-4-13-5-7-14(8-6-13)16-11-9-15(17-2)10-12-16;2*1-2/h5-8,15H,9-12H2,1-2H3;2*1-2H3. The molecule has 0 N–H and O–H groups in total. The second-order valence-electron chi connectivity index (χ2n) is 4.34. The Bertz CT molecular complexity index is 405. The minimum atomic E-state index is 0.441. The fourth-order valence-corrected chi connectivity index (χ4v) is 2.25. The minimum absolute atomic E-state index is 0.441. The highest BCUT2D eigenvalue weighted by molar-refractivity contribution is 5.50. The summed E-state index contributed by atoms with van der Waals surface area (Å²) in [4.78, 5) is 2.42. The van der Waals surface area contributed by atoms with Crippen molar-refractivity contribution >= 4 is 5.69 Å². The molecule has 1 aromatic carbocycles. The molecule has 0 aliphatic carbocycles. The van der Waals surface area contributed by atoms with Crippen molar-refractivity contribution in [3.8, 4) is 11.8 Å². The molecule has 1 heterocycles. The Hall–Kier alpha value is -1.46. The summed E-state index contributed by atoms with van der Waals surface area (Å²) in [5.41, 5.74) is 2.38. The molecule has 0 unspecified atom stereocenters. The van der Waals surface area contributed by atoms with Crippen LogP contribution in [0.4, 0.5) is 5.69 Å². The Morgan fingerprint density at radius 2 is 1.52 bits per heavy atom. The van der Waals surface area contributed by atoms with Crippen LogP contribution in [0, 0.1) is 11.8 Å². The topological polar surface area (TPSA) is 12.5 Å². The molecule has 2 heteroatoms. The maximum atomic E-state index is 5.38. The van der Waals surface area contributed by atoms with E-state index in [1.54, 1.807) is 7.11 Å². The molecule has 1 aliphatic rings. The van der Waals surface area contributed by atoms with Crippen LogP contribution in [-0.4, -0.2) is 26.3 Å². The van der Waals surface area contributed by atoms with Gasteiger partial charge in [0.05, 0.1) is 6.10 Å². The lowest BCUT2D eigenvalue weighted by atomic mass is 10.1. The predicted octanol–water partition coefficient (Wildman–Crippen LogP) is 4.73. The summed E-state index contributed by atoms with van der Waals surface area (Å²) in [5.74, 6) is 5.98. The van der Waals surface area contributed by atoms with Crippen molar-refractivity contribution in [3.63, 3.8) is 0 Å². The van der Waals surface area contributed by atoms with Crippen LogP contribution in [0.3, 0.4) is 0 Å². The number of piperidine rings is 1. The minimum Gasteiger partial charge on any atom is -0.381 e. The Labute approximate surface area is 131 Å². The van der Waals surface area contributed by atoms with Gasteiger partial charge in [-0.15, -0.1) is 5.92 Å². The predicted molar refractivity (Wildman–Crippen MR) is 93.9 cm³/mol. The average Bonchev–Trinajstić information content (AvgIpc) is 2.60. The van der Waals surface area contributed by atoms with Gasteiger partial charge in [-0.05, 0) is 44.0 Å². The third-order valence-electron chi connectivity index (χ3n) is 3.28. The van der Waals surface area contributed by atoms with Crippen molar-refractivity contribution in [1.82, 2.24) is 0 Å². The zero-order valence-corrected chi connectivity index (χ0v) is 14.6.